The monoisotopic (exact) mass is 468 g/mol. The standard InChI is InChI=1S/C24H19F3N4OS/c25-19-3-1-17(2-4-19)14-31-22(23(32)29-12-16-7-9-28-10-8-16)13-30-24(31)33-15-18-11-20(26)5-6-21(18)27/h1-11,13H,12,14-15H2,(H,29,32). The number of benzene rings is 2. The predicted octanol–water partition coefficient (Wildman–Crippen LogP) is 4.97. The van der Waals surface area contributed by atoms with Crippen LogP contribution in [0.5, 0.6) is 0 Å². The third kappa shape index (κ3) is 5.81. The molecule has 9 heteroatoms. The summed E-state index contributed by atoms with van der Waals surface area (Å²) in [6, 6.07) is 12.8. The molecule has 4 rings (SSSR count). The second kappa shape index (κ2) is 10.4. The molecule has 0 aliphatic rings. The van der Waals surface area contributed by atoms with Crippen molar-refractivity contribution in [1.29, 1.82) is 0 Å². The van der Waals surface area contributed by atoms with Gasteiger partial charge in [-0.3, -0.25) is 9.78 Å². The van der Waals surface area contributed by atoms with Gasteiger partial charge in [0, 0.05) is 30.3 Å². The number of carbonyl (C=O) groups is 1. The first-order chi connectivity index (χ1) is 16.0. The molecule has 2 heterocycles. The molecule has 0 fully saturated rings. The number of hydrogen-bond donors (Lipinski definition) is 1. The van der Waals surface area contributed by atoms with Crippen molar-refractivity contribution in [3.8, 4) is 0 Å². The molecule has 0 aliphatic carbocycles. The molecular formula is C24H19F3N4OS. The van der Waals surface area contributed by atoms with Crippen LogP contribution in [0.1, 0.15) is 27.2 Å². The maximum atomic E-state index is 14.0. The van der Waals surface area contributed by atoms with Crippen LogP contribution in [0.2, 0.25) is 0 Å². The summed E-state index contributed by atoms with van der Waals surface area (Å²) in [6.07, 6.45) is 4.72. The number of aromatic nitrogens is 3. The van der Waals surface area contributed by atoms with Gasteiger partial charge in [0.25, 0.3) is 5.91 Å². The number of amides is 1. The minimum atomic E-state index is -0.530. The lowest BCUT2D eigenvalue weighted by molar-refractivity contribution is 0.0941. The molecule has 1 amide bonds. The molecule has 5 nitrogen and oxygen atoms in total. The van der Waals surface area contributed by atoms with Gasteiger partial charge in [0.2, 0.25) is 0 Å². The maximum absolute atomic E-state index is 14.0. The zero-order valence-corrected chi connectivity index (χ0v) is 18.2. The average molecular weight is 469 g/mol. The highest BCUT2D eigenvalue weighted by atomic mass is 32.2. The molecule has 2 aromatic carbocycles. The van der Waals surface area contributed by atoms with Crippen molar-refractivity contribution in [3.05, 3.63) is 113 Å². The van der Waals surface area contributed by atoms with Crippen LogP contribution in [-0.2, 0) is 18.8 Å². The third-order valence-electron chi connectivity index (χ3n) is 4.87. The van der Waals surface area contributed by atoms with E-state index in [0.717, 1.165) is 29.3 Å². The maximum Gasteiger partial charge on any atom is 0.269 e. The molecule has 0 aliphatic heterocycles. The summed E-state index contributed by atoms with van der Waals surface area (Å²) < 4.78 is 42.6. The van der Waals surface area contributed by atoms with Gasteiger partial charge in [0.1, 0.15) is 23.1 Å². The SMILES string of the molecule is O=C(NCc1ccncc1)c1cnc(SCc2cc(F)ccc2F)n1Cc1ccc(F)cc1. The van der Waals surface area contributed by atoms with Gasteiger partial charge >= 0.3 is 0 Å². The number of nitrogens with zero attached hydrogens (tertiary/aromatic N) is 3. The van der Waals surface area contributed by atoms with E-state index in [4.69, 9.17) is 0 Å². The second-order valence-corrected chi connectivity index (χ2v) is 8.14. The Morgan fingerprint density at radius 2 is 1.67 bits per heavy atom. The van der Waals surface area contributed by atoms with Crippen molar-refractivity contribution >= 4 is 17.7 Å². The van der Waals surface area contributed by atoms with Gasteiger partial charge in [-0.05, 0) is 53.6 Å². The fourth-order valence-corrected chi connectivity index (χ4v) is 4.10. The van der Waals surface area contributed by atoms with Crippen LogP contribution in [0.25, 0.3) is 0 Å². The van der Waals surface area contributed by atoms with Gasteiger partial charge in [0.15, 0.2) is 5.16 Å². The molecule has 1 N–H and O–H groups in total. The summed E-state index contributed by atoms with van der Waals surface area (Å²) in [5.74, 6) is -1.63. The number of hydrogen-bond acceptors (Lipinski definition) is 4. The summed E-state index contributed by atoms with van der Waals surface area (Å²) in [7, 11) is 0. The molecule has 4 aromatic rings. The van der Waals surface area contributed by atoms with Crippen LogP contribution < -0.4 is 5.32 Å². The number of halogens is 3. The lowest BCUT2D eigenvalue weighted by atomic mass is 10.2. The van der Waals surface area contributed by atoms with Crippen LogP contribution in [0.4, 0.5) is 13.2 Å². The van der Waals surface area contributed by atoms with E-state index in [1.807, 2.05) is 0 Å². The smallest absolute Gasteiger partial charge is 0.269 e. The molecular weight excluding hydrogens is 449 g/mol. The Bertz CT molecular complexity index is 1250. The van der Waals surface area contributed by atoms with Crippen molar-refractivity contribution in [1.82, 2.24) is 19.9 Å². The molecule has 0 radical (unpaired) electrons. The van der Waals surface area contributed by atoms with Crippen LogP contribution in [0.3, 0.4) is 0 Å². The zero-order valence-electron chi connectivity index (χ0n) is 17.3. The Labute approximate surface area is 192 Å². The van der Waals surface area contributed by atoms with Gasteiger partial charge < -0.3 is 9.88 Å². The normalized spacial score (nSPS) is 10.9. The first kappa shape index (κ1) is 22.6. The predicted molar refractivity (Wildman–Crippen MR) is 119 cm³/mol. The van der Waals surface area contributed by atoms with Gasteiger partial charge in [-0.1, -0.05) is 23.9 Å². The number of imidazole rings is 1. The van der Waals surface area contributed by atoms with Crippen molar-refractivity contribution in [2.45, 2.75) is 24.0 Å². The molecule has 0 saturated heterocycles. The van der Waals surface area contributed by atoms with E-state index < -0.39 is 11.6 Å². The highest BCUT2D eigenvalue weighted by molar-refractivity contribution is 7.98. The molecule has 0 unspecified atom stereocenters. The molecule has 168 valence electrons. The zero-order chi connectivity index (χ0) is 23.2. The molecule has 33 heavy (non-hydrogen) atoms. The van der Waals surface area contributed by atoms with Crippen molar-refractivity contribution in [2.75, 3.05) is 0 Å². The second-order valence-electron chi connectivity index (χ2n) is 7.20. The number of nitrogens with one attached hydrogen (secondary N) is 1. The van der Waals surface area contributed by atoms with Crippen molar-refractivity contribution in [3.63, 3.8) is 0 Å². The summed E-state index contributed by atoms with van der Waals surface area (Å²) in [5, 5.41) is 3.30. The van der Waals surface area contributed by atoms with Crippen LogP contribution in [0.15, 0.2) is 78.3 Å². The topological polar surface area (TPSA) is 59.8 Å². The van der Waals surface area contributed by atoms with E-state index in [2.05, 4.69) is 15.3 Å². The Balaban J connectivity index is 1.57. The summed E-state index contributed by atoms with van der Waals surface area (Å²) in [4.78, 5) is 21.2. The Kier molecular flexibility index (Phi) is 7.09. The minimum Gasteiger partial charge on any atom is -0.347 e. The quantitative estimate of drug-likeness (QED) is 0.371. The van der Waals surface area contributed by atoms with Crippen molar-refractivity contribution < 1.29 is 18.0 Å². The van der Waals surface area contributed by atoms with Gasteiger partial charge in [-0.25, -0.2) is 18.2 Å². The van der Waals surface area contributed by atoms with E-state index in [1.165, 1.54) is 30.1 Å². The van der Waals surface area contributed by atoms with Gasteiger partial charge in [-0.2, -0.15) is 0 Å². The summed E-state index contributed by atoms with van der Waals surface area (Å²) in [6.45, 7) is 0.562. The molecule has 0 saturated carbocycles. The number of pyridine rings is 1. The van der Waals surface area contributed by atoms with E-state index >= 15 is 0 Å². The Hall–Kier alpha value is -3.59. The molecule has 0 atom stereocenters. The van der Waals surface area contributed by atoms with Crippen LogP contribution in [0, 0.1) is 17.5 Å². The summed E-state index contributed by atoms with van der Waals surface area (Å²) >= 11 is 1.18. The Morgan fingerprint density at radius 1 is 0.939 bits per heavy atom. The first-order valence-corrected chi connectivity index (χ1v) is 11.0. The molecule has 0 spiro atoms. The van der Waals surface area contributed by atoms with E-state index in [0.29, 0.717) is 17.4 Å². The average Bonchev–Trinajstić information content (AvgIpc) is 3.22. The lowest BCUT2D eigenvalue weighted by Crippen LogP contribution is -2.26. The number of rotatable bonds is 8. The molecule has 2 aromatic heterocycles. The highest BCUT2D eigenvalue weighted by Crippen LogP contribution is 2.26. The third-order valence-corrected chi connectivity index (χ3v) is 5.91. The Morgan fingerprint density at radius 3 is 2.42 bits per heavy atom. The first-order valence-electron chi connectivity index (χ1n) is 10.0. The molecule has 0 bridgehead atoms. The highest BCUT2D eigenvalue weighted by Gasteiger charge is 2.18. The summed E-state index contributed by atoms with van der Waals surface area (Å²) in [5.41, 5.74) is 2.14. The number of thioether (sulfide) groups is 1. The fourth-order valence-electron chi connectivity index (χ4n) is 3.15. The van der Waals surface area contributed by atoms with Gasteiger partial charge in [0.05, 0.1) is 12.7 Å². The van der Waals surface area contributed by atoms with Crippen LogP contribution >= 0.6 is 11.8 Å². The van der Waals surface area contributed by atoms with E-state index in [1.54, 1.807) is 41.2 Å². The van der Waals surface area contributed by atoms with Gasteiger partial charge in [-0.15, -0.1) is 0 Å². The number of carbonyl (C=O) groups excluding carboxylic acids is 1. The minimum absolute atomic E-state index is 0.127. The van der Waals surface area contributed by atoms with Crippen LogP contribution in [-0.4, -0.2) is 20.4 Å². The lowest BCUT2D eigenvalue weighted by Gasteiger charge is -2.13. The van der Waals surface area contributed by atoms with E-state index in [9.17, 15) is 18.0 Å². The van der Waals surface area contributed by atoms with Crippen molar-refractivity contribution in [2.24, 2.45) is 0 Å². The fraction of sp³-hybridized carbons (Fsp3) is 0.125. The van der Waals surface area contributed by atoms with E-state index in [-0.39, 0.29) is 29.6 Å². The largest absolute Gasteiger partial charge is 0.347 e.